The monoisotopic (exact) mass is 544 g/mol. The second kappa shape index (κ2) is 10.1. The van der Waals surface area contributed by atoms with Crippen molar-refractivity contribution in [3.63, 3.8) is 0 Å². The van der Waals surface area contributed by atoms with Crippen LogP contribution in [0.15, 0.2) is 35.4 Å². The van der Waals surface area contributed by atoms with Crippen LogP contribution in [0.25, 0.3) is 0 Å². The van der Waals surface area contributed by atoms with E-state index in [1.54, 1.807) is 6.92 Å². The number of piperazine rings is 1. The van der Waals surface area contributed by atoms with Crippen molar-refractivity contribution in [2.75, 3.05) is 38.2 Å². The highest BCUT2D eigenvalue weighted by atomic mass is 32.2. The second-order valence-corrected chi connectivity index (χ2v) is 14.4. The van der Waals surface area contributed by atoms with Gasteiger partial charge in [-0.3, -0.25) is 18.7 Å². The molecule has 3 unspecified atom stereocenters. The predicted octanol–water partition coefficient (Wildman–Crippen LogP) is 2.98. The number of carbonyl (C=O) groups is 2. The number of carbonyl (C=O) groups excluding carboxylic acids is 2. The average Bonchev–Trinajstić information content (AvgIpc) is 3.22. The Kier molecular flexibility index (Phi) is 7.21. The third-order valence-corrected chi connectivity index (χ3v) is 11.6. The smallest absolute Gasteiger partial charge is 0.237 e. The third kappa shape index (κ3) is 5.08. The Morgan fingerprint density at radius 2 is 2.00 bits per heavy atom. The summed E-state index contributed by atoms with van der Waals surface area (Å²) >= 11 is 1.50. The molecule has 5 atom stereocenters. The van der Waals surface area contributed by atoms with E-state index in [-0.39, 0.29) is 29.0 Å². The molecule has 3 aliphatic rings. The lowest BCUT2D eigenvalue weighted by molar-refractivity contribution is -0.133. The fourth-order valence-corrected chi connectivity index (χ4v) is 8.40. The highest BCUT2D eigenvalue weighted by molar-refractivity contribution is 8.01. The standard InChI is InChI=1S/C27H36N4O4S2/c1-18-13-27(18,21-5-7-23(8-6-21)37(4,34)24-9-12-35-17-24)25(33)29-26-28-14-22(36-26)16-30-10-11-31(20(3)32)19(2)15-30/h5-8,14,18-19,24H,4,9-13,15-17H2,1-3H3,(H,28,29,33)/t18?,19-,24-,27?,37?/m0/s1. The summed E-state index contributed by atoms with van der Waals surface area (Å²) < 4.78 is 18.7. The van der Waals surface area contributed by atoms with Gasteiger partial charge in [-0.1, -0.05) is 19.1 Å². The van der Waals surface area contributed by atoms with Crippen LogP contribution in [0.1, 0.15) is 44.1 Å². The zero-order chi connectivity index (χ0) is 26.4. The van der Waals surface area contributed by atoms with Crippen LogP contribution in [0.3, 0.4) is 0 Å². The molecule has 3 fully saturated rings. The molecule has 5 rings (SSSR count). The fraction of sp³-hybridized carbons (Fsp3) is 0.556. The predicted molar refractivity (Wildman–Crippen MR) is 148 cm³/mol. The number of anilines is 1. The maximum Gasteiger partial charge on any atom is 0.237 e. The van der Waals surface area contributed by atoms with Gasteiger partial charge in [0.1, 0.15) is 0 Å². The Morgan fingerprint density at radius 1 is 1.27 bits per heavy atom. The first-order chi connectivity index (χ1) is 17.6. The van der Waals surface area contributed by atoms with Gasteiger partial charge in [0.05, 0.1) is 17.3 Å². The van der Waals surface area contributed by atoms with E-state index < -0.39 is 14.9 Å². The number of nitrogens with one attached hydrogen (secondary N) is 1. The van der Waals surface area contributed by atoms with Crippen molar-refractivity contribution in [3.05, 3.63) is 40.9 Å². The summed E-state index contributed by atoms with van der Waals surface area (Å²) in [7, 11) is -2.44. The van der Waals surface area contributed by atoms with Gasteiger partial charge < -0.3 is 15.0 Å². The number of hydrogen-bond donors (Lipinski definition) is 1. The largest absolute Gasteiger partial charge is 0.380 e. The van der Waals surface area contributed by atoms with Gasteiger partial charge in [0.15, 0.2) is 5.13 Å². The summed E-state index contributed by atoms with van der Waals surface area (Å²) in [5.41, 5.74) is 0.342. The van der Waals surface area contributed by atoms with Crippen LogP contribution in [-0.2, 0) is 35.8 Å². The molecule has 1 aromatic heterocycles. The highest BCUT2D eigenvalue weighted by Gasteiger charge is 2.58. The Morgan fingerprint density at radius 3 is 2.59 bits per heavy atom. The van der Waals surface area contributed by atoms with Gasteiger partial charge in [0.25, 0.3) is 0 Å². The van der Waals surface area contributed by atoms with Crippen molar-refractivity contribution in [3.8, 4) is 0 Å². The molecule has 2 aliphatic heterocycles. The van der Waals surface area contributed by atoms with E-state index in [1.165, 1.54) is 11.3 Å². The Balaban J connectivity index is 1.23. The third-order valence-electron chi connectivity index (χ3n) is 8.18. The molecule has 1 saturated carbocycles. The number of ether oxygens (including phenoxy) is 1. The number of benzene rings is 1. The van der Waals surface area contributed by atoms with Crippen LogP contribution >= 0.6 is 11.3 Å². The molecule has 0 radical (unpaired) electrons. The lowest BCUT2D eigenvalue weighted by Crippen LogP contribution is -2.52. The molecule has 200 valence electrons. The zero-order valence-electron chi connectivity index (χ0n) is 21.8. The Labute approximate surface area is 223 Å². The van der Waals surface area contributed by atoms with Gasteiger partial charge in [0, 0.05) is 71.2 Å². The SMILES string of the molecule is C=S(=O)(c1ccc(C2(C(=O)Nc3ncc(CN4CCN(C(C)=O)[C@@H](C)C4)s3)CC2C)cc1)[C@H]1CCOC1. The normalized spacial score (nSPS) is 29.6. The minimum Gasteiger partial charge on any atom is -0.380 e. The molecule has 2 saturated heterocycles. The molecule has 2 aromatic rings. The quantitative estimate of drug-likeness (QED) is 0.539. The summed E-state index contributed by atoms with van der Waals surface area (Å²) in [5, 5.41) is 3.61. The summed E-state index contributed by atoms with van der Waals surface area (Å²) in [4.78, 5) is 35.7. The molecule has 0 bridgehead atoms. The molecule has 0 spiro atoms. The number of nitrogens with zero attached hydrogens (tertiary/aromatic N) is 3. The minimum atomic E-state index is -2.44. The van der Waals surface area contributed by atoms with Crippen molar-refractivity contribution < 1.29 is 18.5 Å². The molecule has 1 aromatic carbocycles. The summed E-state index contributed by atoms with van der Waals surface area (Å²) in [6, 6.07) is 7.81. The van der Waals surface area contributed by atoms with E-state index in [4.69, 9.17) is 4.74 Å². The van der Waals surface area contributed by atoms with E-state index in [0.717, 1.165) is 54.4 Å². The van der Waals surface area contributed by atoms with E-state index in [0.29, 0.717) is 18.3 Å². The number of aromatic nitrogens is 1. The maximum absolute atomic E-state index is 13.5. The van der Waals surface area contributed by atoms with Gasteiger partial charge in [-0.2, -0.15) is 0 Å². The minimum absolute atomic E-state index is 0.0445. The van der Waals surface area contributed by atoms with Gasteiger partial charge in [-0.05, 0) is 49.2 Å². The van der Waals surface area contributed by atoms with Gasteiger partial charge >= 0.3 is 0 Å². The first-order valence-corrected chi connectivity index (χ1v) is 15.5. The fourth-order valence-electron chi connectivity index (χ4n) is 5.77. The van der Waals surface area contributed by atoms with Crippen LogP contribution in [0.4, 0.5) is 5.13 Å². The molecule has 3 heterocycles. The van der Waals surface area contributed by atoms with Crippen molar-refractivity contribution in [1.82, 2.24) is 14.8 Å². The van der Waals surface area contributed by atoms with Gasteiger partial charge in [-0.25, -0.2) is 4.98 Å². The zero-order valence-corrected chi connectivity index (χ0v) is 23.4. The second-order valence-electron chi connectivity index (χ2n) is 10.7. The topological polar surface area (TPSA) is 91.8 Å². The first kappa shape index (κ1) is 26.3. The van der Waals surface area contributed by atoms with Crippen LogP contribution in [-0.4, -0.2) is 80.8 Å². The van der Waals surface area contributed by atoms with Crippen molar-refractivity contribution in [1.29, 1.82) is 0 Å². The van der Waals surface area contributed by atoms with Crippen LogP contribution in [0.5, 0.6) is 0 Å². The lowest BCUT2D eigenvalue weighted by atomic mass is 9.92. The number of rotatable bonds is 7. The molecule has 1 N–H and O–H groups in total. The van der Waals surface area contributed by atoms with E-state index in [9.17, 15) is 13.8 Å². The lowest BCUT2D eigenvalue weighted by Gasteiger charge is -2.39. The molecular formula is C27H36N4O4S2. The Bertz CT molecular complexity index is 1270. The van der Waals surface area contributed by atoms with Crippen LogP contribution in [0.2, 0.25) is 0 Å². The molecule has 8 nitrogen and oxygen atoms in total. The average molecular weight is 545 g/mol. The summed E-state index contributed by atoms with van der Waals surface area (Å²) in [6.07, 6.45) is 3.36. The first-order valence-electron chi connectivity index (χ1n) is 12.9. The number of thiazole rings is 1. The summed E-state index contributed by atoms with van der Waals surface area (Å²) in [6.45, 7) is 10.0. The molecule has 10 heteroatoms. The summed E-state index contributed by atoms with van der Waals surface area (Å²) in [5.74, 6) is 4.33. The molecule has 37 heavy (non-hydrogen) atoms. The van der Waals surface area contributed by atoms with E-state index >= 15 is 0 Å². The highest BCUT2D eigenvalue weighted by Crippen LogP contribution is 2.55. The Hall–Kier alpha value is -2.27. The van der Waals surface area contributed by atoms with Crippen molar-refractivity contribution >= 4 is 43.7 Å². The maximum atomic E-state index is 13.5. The molecule has 2 amide bonds. The van der Waals surface area contributed by atoms with Gasteiger partial charge in [-0.15, -0.1) is 11.3 Å². The van der Waals surface area contributed by atoms with Crippen molar-refractivity contribution in [2.24, 2.45) is 5.92 Å². The van der Waals surface area contributed by atoms with Gasteiger partial charge in [0.2, 0.25) is 11.8 Å². The number of amides is 2. The van der Waals surface area contributed by atoms with Crippen LogP contribution < -0.4 is 5.32 Å². The van der Waals surface area contributed by atoms with Crippen LogP contribution in [0, 0.1) is 5.92 Å². The van der Waals surface area contributed by atoms with Crippen molar-refractivity contribution in [2.45, 2.75) is 61.8 Å². The molecule has 1 aliphatic carbocycles. The number of hydrogen-bond acceptors (Lipinski definition) is 7. The van der Waals surface area contributed by atoms with E-state index in [1.807, 2.05) is 35.4 Å². The molecular weight excluding hydrogens is 508 g/mol. The van der Waals surface area contributed by atoms with E-state index in [2.05, 4.69) is 34.9 Å².